The Bertz CT molecular complexity index is 629. The Morgan fingerprint density at radius 2 is 1.93 bits per heavy atom. The molecule has 158 valence electrons. The number of rotatable bonds is 7. The summed E-state index contributed by atoms with van der Waals surface area (Å²) in [4.78, 5) is 7.11. The van der Waals surface area contributed by atoms with Gasteiger partial charge in [0.15, 0.2) is 5.96 Å². The van der Waals surface area contributed by atoms with Gasteiger partial charge in [0.2, 0.25) is 0 Å². The van der Waals surface area contributed by atoms with Crippen LogP contribution in [0.15, 0.2) is 11.1 Å². The van der Waals surface area contributed by atoms with Gasteiger partial charge in [0.25, 0.3) is 0 Å². The molecule has 0 spiro atoms. The minimum atomic E-state index is 0.253. The maximum atomic E-state index is 5.59. The first-order valence-corrected chi connectivity index (χ1v) is 10.9. The Morgan fingerprint density at radius 3 is 2.57 bits per heavy atom. The molecule has 0 bridgehead atoms. The Morgan fingerprint density at radius 1 is 1.18 bits per heavy atom. The molecule has 0 aromatic carbocycles. The van der Waals surface area contributed by atoms with Crippen LogP contribution >= 0.6 is 0 Å². The highest BCUT2D eigenvalue weighted by Gasteiger charge is 2.38. The lowest BCUT2D eigenvalue weighted by molar-refractivity contribution is -0.0352. The molecule has 1 saturated heterocycles. The third-order valence-electron chi connectivity index (χ3n) is 6.22. The second-order valence-corrected chi connectivity index (χ2v) is 8.24. The van der Waals surface area contributed by atoms with E-state index >= 15 is 0 Å². The average molecular weight is 391 g/mol. The third-order valence-corrected chi connectivity index (χ3v) is 6.22. The van der Waals surface area contributed by atoms with Gasteiger partial charge in [0, 0.05) is 51.0 Å². The SMILES string of the molecule is CN=C(NCCCn1nc(C)cc1C)NCC1(N2CCOCC2)CCCCC1. The number of morpholine rings is 1. The first kappa shape index (κ1) is 21.1. The third kappa shape index (κ3) is 5.47. The molecule has 2 aliphatic rings. The molecule has 1 aliphatic carbocycles. The molecule has 0 atom stereocenters. The lowest BCUT2D eigenvalue weighted by Gasteiger charge is -2.48. The number of nitrogens with zero attached hydrogens (tertiary/aromatic N) is 4. The average Bonchev–Trinajstić information content (AvgIpc) is 3.05. The smallest absolute Gasteiger partial charge is 0.191 e. The van der Waals surface area contributed by atoms with Gasteiger partial charge in [-0.25, -0.2) is 0 Å². The molecule has 1 aromatic heterocycles. The molecule has 1 aliphatic heterocycles. The number of aliphatic imine (C=N–C) groups is 1. The monoisotopic (exact) mass is 390 g/mol. The number of hydrogen-bond acceptors (Lipinski definition) is 4. The highest BCUT2D eigenvalue weighted by molar-refractivity contribution is 5.79. The lowest BCUT2D eigenvalue weighted by Crippen LogP contribution is -2.60. The van der Waals surface area contributed by atoms with Gasteiger partial charge in [-0.15, -0.1) is 0 Å². The maximum absolute atomic E-state index is 5.59. The fourth-order valence-electron chi connectivity index (χ4n) is 4.66. The predicted octanol–water partition coefficient (Wildman–Crippen LogP) is 2.09. The van der Waals surface area contributed by atoms with Gasteiger partial charge in [-0.2, -0.15) is 5.10 Å². The van der Waals surface area contributed by atoms with Crippen molar-refractivity contribution >= 4 is 5.96 Å². The predicted molar refractivity (Wildman–Crippen MR) is 114 cm³/mol. The zero-order chi connectivity index (χ0) is 19.8. The van der Waals surface area contributed by atoms with E-state index in [1.54, 1.807) is 0 Å². The maximum Gasteiger partial charge on any atom is 0.191 e. The van der Waals surface area contributed by atoms with Crippen molar-refractivity contribution in [3.05, 3.63) is 17.5 Å². The Balaban J connectivity index is 1.46. The van der Waals surface area contributed by atoms with Gasteiger partial charge >= 0.3 is 0 Å². The van der Waals surface area contributed by atoms with E-state index in [2.05, 4.69) is 43.3 Å². The largest absolute Gasteiger partial charge is 0.379 e. The summed E-state index contributed by atoms with van der Waals surface area (Å²) in [6.07, 6.45) is 7.59. The van der Waals surface area contributed by atoms with Crippen LogP contribution in [0.3, 0.4) is 0 Å². The van der Waals surface area contributed by atoms with Crippen molar-refractivity contribution in [1.82, 2.24) is 25.3 Å². The Hall–Kier alpha value is -1.60. The topological polar surface area (TPSA) is 66.7 Å². The van der Waals surface area contributed by atoms with Crippen LogP contribution in [0.25, 0.3) is 0 Å². The normalized spacial score (nSPS) is 20.9. The molecule has 0 amide bonds. The number of aromatic nitrogens is 2. The van der Waals surface area contributed by atoms with Crippen molar-refractivity contribution < 1.29 is 4.74 Å². The number of guanidine groups is 1. The van der Waals surface area contributed by atoms with Gasteiger partial charge < -0.3 is 15.4 Å². The van der Waals surface area contributed by atoms with E-state index in [0.717, 1.165) is 64.0 Å². The van der Waals surface area contributed by atoms with E-state index in [-0.39, 0.29) is 5.54 Å². The summed E-state index contributed by atoms with van der Waals surface area (Å²) in [6, 6.07) is 2.13. The van der Waals surface area contributed by atoms with Crippen molar-refractivity contribution in [1.29, 1.82) is 0 Å². The van der Waals surface area contributed by atoms with Crippen LogP contribution in [0.4, 0.5) is 0 Å². The second-order valence-electron chi connectivity index (χ2n) is 8.24. The first-order valence-electron chi connectivity index (χ1n) is 10.9. The van der Waals surface area contributed by atoms with E-state index in [4.69, 9.17) is 4.74 Å². The summed E-state index contributed by atoms with van der Waals surface area (Å²) in [5.74, 6) is 0.909. The Labute approximate surface area is 169 Å². The molecule has 2 heterocycles. The standard InChI is InChI=1S/C21H38N6O/c1-18-16-19(2)27(25-18)11-7-10-23-20(22-3)24-17-21(8-5-4-6-9-21)26-12-14-28-15-13-26/h16H,4-15,17H2,1-3H3,(H2,22,23,24). The van der Waals surface area contributed by atoms with Crippen LogP contribution in [0.2, 0.25) is 0 Å². The van der Waals surface area contributed by atoms with E-state index in [1.807, 2.05) is 14.0 Å². The van der Waals surface area contributed by atoms with E-state index in [9.17, 15) is 0 Å². The molecule has 7 heteroatoms. The number of aryl methyl sites for hydroxylation is 3. The molecule has 2 N–H and O–H groups in total. The van der Waals surface area contributed by atoms with E-state index in [0.29, 0.717) is 0 Å². The fraction of sp³-hybridized carbons (Fsp3) is 0.810. The van der Waals surface area contributed by atoms with Crippen molar-refractivity contribution in [3.8, 4) is 0 Å². The minimum Gasteiger partial charge on any atom is -0.379 e. The van der Waals surface area contributed by atoms with Crippen LogP contribution in [-0.4, -0.2) is 72.6 Å². The number of nitrogens with one attached hydrogen (secondary N) is 2. The number of ether oxygens (including phenoxy) is 1. The van der Waals surface area contributed by atoms with Crippen molar-refractivity contribution in [2.45, 2.75) is 64.5 Å². The fourth-order valence-corrected chi connectivity index (χ4v) is 4.66. The molecule has 7 nitrogen and oxygen atoms in total. The Kier molecular flexibility index (Phi) is 7.73. The zero-order valence-electron chi connectivity index (χ0n) is 18.0. The minimum absolute atomic E-state index is 0.253. The number of hydrogen-bond donors (Lipinski definition) is 2. The summed E-state index contributed by atoms with van der Waals surface area (Å²) in [5.41, 5.74) is 2.57. The molecule has 2 fully saturated rings. The van der Waals surface area contributed by atoms with Gasteiger partial charge in [-0.1, -0.05) is 19.3 Å². The molecular formula is C21H38N6O. The summed E-state index contributed by atoms with van der Waals surface area (Å²) < 4.78 is 7.67. The lowest BCUT2D eigenvalue weighted by atomic mass is 9.80. The van der Waals surface area contributed by atoms with Crippen LogP contribution in [0.5, 0.6) is 0 Å². The molecule has 3 rings (SSSR count). The molecule has 1 saturated carbocycles. The van der Waals surface area contributed by atoms with Crippen LogP contribution < -0.4 is 10.6 Å². The van der Waals surface area contributed by atoms with Gasteiger partial charge in [-0.3, -0.25) is 14.6 Å². The summed E-state index contributed by atoms with van der Waals surface area (Å²) in [6.45, 7) is 10.8. The molecule has 1 aromatic rings. The highest BCUT2D eigenvalue weighted by atomic mass is 16.5. The van der Waals surface area contributed by atoms with Gasteiger partial charge in [0.1, 0.15) is 0 Å². The molecule has 0 unspecified atom stereocenters. The zero-order valence-corrected chi connectivity index (χ0v) is 18.0. The van der Waals surface area contributed by atoms with Crippen molar-refractivity contribution in [2.24, 2.45) is 4.99 Å². The second kappa shape index (κ2) is 10.3. The van der Waals surface area contributed by atoms with E-state index in [1.165, 1.54) is 37.8 Å². The molecule has 28 heavy (non-hydrogen) atoms. The van der Waals surface area contributed by atoms with Crippen LogP contribution in [-0.2, 0) is 11.3 Å². The van der Waals surface area contributed by atoms with Crippen LogP contribution in [0, 0.1) is 13.8 Å². The highest BCUT2D eigenvalue weighted by Crippen LogP contribution is 2.33. The summed E-state index contributed by atoms with van der Waals surface area (Å²) in [7, 11) is 1.86. The van der Waals surface area contributed by atoms with Gasteiger partial charge in [0.05, 0.1) is 18.9 Å². The van der Waals surface area contributed by atoms with Crippen molar-refractivity contribution in [3.63, 3.8) is 0 Å². The van der Waals surface area contributed by atoms with Gasteiger partial charge in [-0.05, 0) is 39.2 Å². The quantitative estimate of drug-likeness (QED) is 0.424. The summed E-state index contributed by atoms with van der Waals surface area (Å²) >= 11 is 0. The van der Waals surface area contributed by atoms with Crippen molar-refractivity contribution in [2.75, 3.05) is 46.4 Å². The summed E-state index contributed by atoms with van der Waals surface area (Å²) in [5, 5.41) is 11.6. The van der Waals surface area contributed by atoms with Crippen LogP contribution in [0.1, 0.15) is 49.9 Å². The molecular weight excluding hydrogens is 352 g/mol. The first-order chi connectivity index (χ1) is 13.6. The molecule has 0 radical (unpaired) electrons. The van der Waals surface area contributed by atoms with E-state index < -0.39 is 0 Å².